The van der Waals surface area contributed by atoms with Crippen molar-refractivity contribution < 1.29 is 58.6 Å². The Hall–Kier alpha value is -3.40. The maximum Gasteiger partial charge on any atom is 0.430 e. The second-order valence-corrected chi connectivity index (χ2v) is 12.4. The second-order valence-electron chi connectivity index (χ2n) is 10.6. The SMILES string of the molecule is CC1(C)OC(=O)CC1NC(=O)C[C@@H]1CCc2cc(C(O)(C(F)(F)F)C(F)(F)F)ccc2N1S(=O)(=O)c1ccc(F)cc1. The summed E-state index contributed by atoms with van der Waals surface area (Å²) in [5.74, 6) is -2.03. The molecule has 42 heavy (non-hydrogen) atoms. The molecule has 2 heterocycles. The van der Waals surface area contributed by atoms with E-state index in [-0.39, 0.29) is 30.5 Å². The Labute approximate surface area is 235 Å². The van der Waals surface area contributed by atoms with Crippen molar-refractivity contribution in [2.24, 2.45) is 0 Å². The van der Waals surface area contributed by atoms with Crippen LogP contribution in [0, 0.1) is 5.82 Å². The van der Waals surface area contributed by atoms with Crippen molar-refractivity contribution in [1.82, 2.24) is 5.32 Å². The molecule has 230 valence electrons. The smallest absolute Gasteiger partial charge is 0.430 e. The normalized spacial score (nSPS) is 21.1. The molecule has 2 aliphatic heterocycles. The number of benzene rings is 2. The first-order chi connectivity index (χ1) is 19.2. The summed E-state index contributed by atoms with van der Waals surface area (Å²) in [6.45, 7) is 3.12. The number of hydrogen-bond acceptors (Lipinski definition) is 6. The fourth-order valence-corrected chi connectivity index (χ4v) is 6.81. The van der Waals surface area contributed by atoms with Crippen molar-refractivity contribution in [2.75, 3.05) is 4.31 Å². The van der Waals surface area contributed by atoms with Crippen molar-refractivity contribution >= 4 is 27.6 Å². The van der Waals surface area contributed by atoms with Crippen molar-refractivity contribution in [3.63, 3.8) is 0 Å². The molecule has 0 radical (unpaired) electrons. The number of ether oxygens (including phenoxy) is 1. The van der Waals surface area contributed by atoms with Gasteiger partial charge in [0.05, 0.1) is 29.1 Å². The van der Waals surface area contributed by atoms with Crippen molar-refractivity contribution in [2.45, 2.75) is 80.1 Å². The molecule has 2 aliphatic rings. The first-order valence-electron chi connectivity index (χ1n) is 12.5. The first-order valence-corrected chi connectivity index (χ1v) is 13.9. The standard InChI is InChI=1S/C26H25F7N2O6S/c1-23(2)20(13-22(37)41-23)34-21(36)12-17-7-3-14-11-15(24(38,25(28,29)30)26(31,32)33)4-10-19(14)35(17)42(39,40)18-8-5-16(27)6-9-18/h4-6,8-11,17,20,38H,3,7,12-13H2,1-2H3,(H,34,36)/t17-,20?/m0/s1. The van der Waals surface area contributed by atoms with Gasteiger partial charge in [0.25, 0.3) is 15.6 Å². The van der Waals surface area contributed by atoms with E-state index in [9.17, 15) is 53.8 Å². The minimum absolute atomic E-state index is 0.145. The Morgan fingerprint density at radius 2 is 1.67 bits per heavy atom. The average molecular weight is 627 g/mol. The van der Waals surface area contributed by atoms with E-state index in [1.165, 1.54) is 0 Å². The molecule has 1 saturated heterocycles. The van der Waals surface area contributed by atoms with Gasteiger partial charge in [0.1, 0.15) is 11.4 Å². The number of carbonyl (C=O) groups is 2. The molecular formula is C26H25F7N2O6S. The van der Waals surface area contributed by atoms with Crippen LogP contribution < -0.4 is 9.62 Å². The number of hydrogen-bond donors (Lipinski definition) is 2. The molecule has 2 N–H and O–H groups in total. The molecule has 0 aromatic heterocycles. The predicted molar refractivity (Wildman–Crippen MR) is 132 cm³/mol. The van der Waals surface area contributed by atoms with Gasteiger partial charge in [-0.05, 0) is 62.6 Å². The molecule has 2 aromatic rings. The van der Waals surface area contributed by atoms with E-state index in [4.69, 9.17) is 4.74 Å². The number of nitrogens with one attached hydrogen (secondary N) is 1. The number of aliphatic hydroxyl groups is 1. The molecule has 2 aromatic carbocycles. The highest BCUT2D eigenvalue weighted by molar-refractivity contribution is 7.92. The van der Waals surface area contributed by atoms with Crippen LogP contribution in [0.25, 0.3) is 0 Å². The molecule has 0 spiro atoms. The van der Waals surface area contributed by atoms with Crippen LogP contribution in [0.5, 0.6) is 0 Å². The van der Waals surface area contributed by atoms with Gasteiger partial charge >= 0.3 is 18.3 Å². The maximum atomic E-state index is 13.7. The summed E-state index contributed by atoms with van der Waals surface area (Å²) >= 11 is 0. The molecule has 0 saturated carbocycles. The largest absolute Gasteiger partial charge is 0.457 e. The monoisotopic (exact) mass is 626 g/mol. The number of carbonyl (C=O) groups excluding carboxylic acids is 2. The predicted octanol–water partition coefficient (Wildman–Crippen LogP) is 4.25. The lowest BCUT2D eigenvalue weighted by Gasteiger charge is -2.39. The van der Waals surface area contributed by atoms with Gasteiger partial charge in [0.2, 0.25) is 5.91 Å². The summed E-state index contributed by atoms with van der Waals surface area (Å²) < 4.78 is 128. The summed E-state index contributed by atoms with van der Waals surface area (Å²) in [7, 11) is -4.65. The number of anilines is 1. The van der Waals surface area contributed by atoms with Crippen LogP contribution in [0.4, 0.5) is 36.4 Å². The number of cyclic esters (lactones) is 1. The van der Waals surface area contributed by atoms with Crippen LogP contribution in [0.3, 0.4) is 0 Å². The number of fused-ring (bicyclic) bond motifs is 1. The molecule has 1 unspecified atom stereocenters. The average Bonchev–Trinajstić information content (AvgIpc) is 3.11. The molecule has 16 heteroatoms. The number of halogens is 7. The summed E-state index contributed by atoms with van der Waals surface area (Å²) in [6.07, 6.45) is -13.4. The van der Waals surface area contributed by atoms with Crippen molar-refractivity contribution in [3.05, 3.63) is 59.4 Å². The summed E-state index contributed by atoms with van der Waals surface area (Å²) in [5, 5.41) is 12.5. The minimum atomic E-state index is -6.16. The zero-order chi connectivity index (χ0) is 31.5. The fraction of sp³-hybridized carbons (Fsp3) is 0.462. The zero-order valence-electron chi connectivity index (χ0n) is 22.0. The lowest BCUT2D eigenvalue weighted by molar-refractivity contribution is -0.376. The van der Waals surface area contributed by atoms with Gasteiger partial charge in [-0.25, -0.2) is 12.8 Å². The summed E-state index contributed by atoms with van der Waals surface area (Å²) in [6, 6.07) is 3.04. The Balaban J connectivity index is 1.76. The molecule has 0 aliphatic carbocycles. The number of esters is 1. The Bertz CT molecular complexity index is 1480. The molecular weight excluding hydrogens is 601 g/mol. The Kier molecular flexibility index (Phi) is 7.81. The van der Waals surface area contributed by atoms with Crippen LogP contribution in [-0.2, 0) is 36.4 Å². The van der Waals surface area contributed by atoms with E-state index in [2.05, 4.69) is 5.32 Å². The van der Waals surface area contributed by atoms with Crippen molar-refractivity contribution in [3.8, 4) is 0 Å². The zero-order valence-corrected chi connectivity index (χ0v) is 22.8. The summed E-state index contributed by atoms with van der Waals surface area (Å²) in [5.41, 5.74) is -8.45. The number of rotatable bonds is 6. The summed E-state index contributed by atoms with van der Waals surface area (Å²) in [4.78, 5) is 24.3. The van der Waals surface area contributed by atoms with E-state index in [1.807, 2.05) is 0 Å². The lowest BCUT2D eigenvalue weighted by Crippen LogP contribution is -2.54. The maximum absolute atomic E-state index is 13.7. The van der Waals surface area contributed by atoms with Gasteiger partial charge in [-0.3, -0.25) is 13.9 Å². The second kappa shape index (κ2) is 10.4. The number of sulfonamides is 1. The van der Waals surface area contributed by atoms with E-state index >= 15 is 0 Å². The van der Waals surface area contributed by atoms with E-state index < -0.39 is 80.2 Å². The first kappa shape index (κ1) is 31.5. The third-order valence-corrected chi connectivity index (χ3v) is 9.23. The molecule has 8 nitrogen and oxygen atoms in total. The van der Waals surface area contributed by atoms with E-state index in [0.717, 1.165) is 24.3 Å². The lowest BCUT2D eigenvalue weighted by atomic mass is 9.87. The molecule has 2 atom stereocenters. The van der Waals surface area contributed by atoms with Gasteiger partial charge in [-0.2, -0.15) is 26.3 Å². The highest BCUT2D eigenvalue weighted by Crippen LogP contribution is 2.51. The van der Waals surface area contributed by atoms with Crippen LogP contribution >= 0.6 is 0 Å². The number of amides is 1. The van der Waals surface area contributed by atoms with E-state index in [0.29, 0.717) is 22.5 Å². The van der Waals surface area contributed by atoms with Gasteiger partial charge < -0.3 is 15.2 Å². The van der Waals surface area contributed by atoms with Crippen LogP contribution in [0.1, 0.15) is 44.2 Å². The molecule has 4 rings (SSSR count). The Morgan fingerprint density at radius 1 is 1.07 bits per heavy atom. The van der Waals surface area contributed by atoms with Gasteiger partial charge in [-0.15, -0.1) is 0 Å². The van der Waals surface area contributed by atoms with Gasteiger partial charge in [-0.1, -0.05) is 12.1 Å². The quantitative estimate of drug-likeness (QED) is 0.367. The Morgan fingerprint density at radius 3 is 2.19 bits per heavy atom. The molecule has 0 bridgehead atoms. The minimum Gasteiger partial charge on any atom is -0.457 e. The van der Waals surface area contributed by atoms with Gasteiger partial charge in [0, 0.05) is 12.0 Å². The van der Waals surface area contributed by atoms with Crippen LogP contribution in [-0.4, -0.2) is 55.4 Å². The fourth-order valence-electron chi connectivity index (χ4n) is 5.09. The van der Waals surface area contributed by atoms with Crippen LogP contribution in [0.2, 0.25) is 0 Å². The third-order valence-electron chi connectivity index (χ3n) is 7.35. The number of aryl methyl sites for hydroxylation is 1. The topological polar surface area (TPSA) is 113 Å². The van der Waals surface area contributed by atoms with Crippen LogP contribution in [0.15, 0.2) is 47.4 Å². The molecule has 1 fully saturated rings. The van der Waals surface area contributed by atoms with Crippen molar-refractivity contribution in [1.29, 1.82) is 0 Å². The number of alkyl halides is 6. The number of nitrogens with zero attached hydrogens (tertiary/aromatic N) is 1. The third kappa shape index (κ3) is 5.53. The highest BCUT2D eigenvalue weighted by atomic mass is 32.2. The van der Waals surface area contributed by atoms with E-state index in [1.54, 1.807) is 13.8 Å². The molecule has 1 amide bonds. The highest BCUT2D eigenvalue weighted by Gasteiger charge is 2.71. The van der Waals surface area contributed by atoms with Gasteiger partial charge in [0.15, 0.2) is 0 Å².